The largest absolute Gasteiger partial charge is 0.335 e. The first-order chi connectivity index (χ1) is 12.7. The second-order valence-corrected chi connectivity index (χ2v) is 7.35. The lowest BCUT2D eigenvalue weighted by Gasteiger charge is -2.25. The predicted octanol–water partition coefficient (Wildman–Crippen LogP) is 3.36. The Hall–Kier alpha value is -2.73. The number of anilines is 1. The molecular weight excluding hydrogens is 346 g/mol. The molecule has 0 radical (unpaired) electrons. The number of aryl methyl sites for hydroxylation is 1. The number of nitrogens with zero attached hydrogens (tertiary/aromatic N) is 2. The average molecular weight is 365 g/mol. The van der Waals surface area contributed by atoms with E-state index in [2.05, 4.69) is 33.9 Å². The van der Waals surface area contributed by atoms with E-state index >= 15 is 0 Å². The van der Waals surface area contributed by atoms with Crippen LogP contribution in [-0.4, -0.2) is 34.8 Å². The molecule has 0 bridgehead atoms. The van der Waals surface area contributed by atoms with E-state index in [1.807, 2.05) is 11.0 Å². The van der Waals surface area contributed by atoms with Gasteiger partial charge in [0.2, 0.25) is 11.8 Å². The molecule has 4 heterocycles. The average Bonchev–Trinajstić information content (AvgIpc) is 3.21. The third kappa shape index (κ3) is 3.60. The van der Waals surface area contributed by atoms with Crippen LogP contribution in [-0.2, 0) is 16.0 Å². The van der Waals surface area contributed by atoms with Gasteiger partial charge in [0, 0.05) is 36.7 Å². The molecule has 2 amide bonds. The lowest BCUT2D eigenvalue weighted by Crippen LogP contribution is -2.33. The van der Waals surface area contributed by atoms with Gasteiger partial charge >= 0.3 is 0 Å². The van der Waals surface area contributed by atoms with Crippen LogP contribution in [0.1, 0.15) is 28.8 Å². The first-order valence-electron chi connectivity index (χ1n) is 8.68. The number of nitrogens with one attached hydrogen (secondary N) is 1. The fraction of sp³-hybridized carbons (Fsp3) is 0.250. The molecule has 0 aromatic carbocycles. The van der Waals surface area contributed by atoms with Crippen LogP contribution < -0.4 is 5.32 Å². The fourth-order valence-corrected chi connectivity index (χ4v) is 3.99. The zero-order valence-corrected chi connectivity index (χ0v) is 15.1. The first-order valence-corrected chi connectivity index (χ1v) is 9.56. The van der Waals surface area contributed by atoms with Gasteiger partial charge in [-0.25, -0.2) is 4.98 Å². The molecule has 6 heteroatoms. The maximum atomic E-state index is 12.4. The van der Waals surface area contributed by atoms with Crippen molar-refractivity contribution in [2.45, 2.75) is 19.3 Å². The Kier molecular flexibility index (Phi) is 4.67. The van der Waals surface area contributed by atoms with Crippen LogP contribution >= 0.6 is 11.3 Å². The minimum Gasteiger partial charge on any atom is -0.335 e. The fourth-order valence-electron chi connectivity index (χ4n) is 3.19. The smallest absolute Gasteiger partial charge is 0.246 e. The number of rotatable bonds is 3. The van der Waals surface area contributed by atoms with E-state index in [1.165, 1.54) is 10.5 Å². The standard InChI is InChI=1S/C20H19N3O2S/c24-18-5-4-16-12-14(13-21-20(16)22-18)3-6-19(25)23-9-7-15(8-10-23)17-2-1-11-26-17/h1-3,6-7,11-13H,4-5,8-10H2,(H,21,22,24). The van der Waals surface area contributed by atoms with E-state index < -0.39 is 0 Å². The van der Waals surface area contributed by atoms with E-state index in [1.54, 1.807) is 29.7 Å². The summed E-state index contributed by atoms with van der Waals surface area (Å²) in [5, 5.41) is 4.84. The topological polar surface area (TPSA) is 62.3 Å². The molecule has 0 unspecified atom stereocenters. The number of carbonyl (C=O) groups excluding carboxylic acids is 2. The third-order valence-corrected chi connectivity index (χ3v) is 5.59. The zero-order valence-electron chi connectivity index (χ0n) is 14.3. The summed E-state index contributed by atoms with van der Waals surface area (Å²) in [7, 11) is 0. The van der Waals surface area contributed by atoms with Crippen LogP contribution in [0.25, 0.3) is 11.6 Å². The first kappa shape index (κ1) is 16.7. The van der Waals surface area contributed by atoms with Crippen molar-refractivity contribution in [2.24, 2.45) is 0 Å². The van der Waals surface area contributed by atoms with Crippen molar-refractivity contribution in [3.8, 4) is 0 Å². The molecule has 1 N–H and O–H groups in total. The number of hydrogen-bond donors (Lipinski definition) is 1. The molecule has 0 spiro atoms. The van der Waals surface area contributed by atoms with Gasteiger partial charge in [0.15, 0.2) is 0 Å². The Labute approximate surface area is 156 Å². The molecule has 2 aliphatic rings. The highest BCUT2D eigenvalue weighted by Gasteiger charge is 2.17. The van der Waals surface area contributed by atoms with Crippen molar-refractivity contribution in [3.05, 3.63) is 57.9 Å². The Morgan fingerprint density at radius 3 is 3.00 bits per heavy atom. The van der Waals surface area contributed by atoms with E-state index in [9.17, 15) is 9.59 Å². The summed E-state index contributed by atoms with van der Waals surface area (Å²) in [5.74, 6) is 0.646. The van der Waals surface area contributed by atoms with Crippen LogP contribution in [0.5, 0.6) is 0 Å². The van der Waals surface area contributed by atoms with Crippen molar-refractivity contribution in [2.75, 3.05) is 18.4 Å². The van der Waals surface area contributed by atoms with Crippen LogP contribution in [0.3, 0.4) is 0 Å². The highest BCUT2D eigenvalue weighted by Crippen LogP contribution is 2.26. The van der Waals surface area contributed by atoms with Crippen LogP contribution in [0.15, 0.2) is 41.9 Å². The van der Waals surface area contributed by atoms with E-state index in [-0.39, 0.29) is 11.8 Å². The van der Waals surface area contributed by atoms with Gasteiger partial charge in [-0.15, -0.1) is 11.3 Å². The number of aromatic nitrogens is 1. The maximum absolute atomic E-state index is 12.4. The van der Waals surface area contributed by atoms with Crippen molar-refractivity contribution >= 4 is 40.6 Å². The maximum Gasteiger partial charge on any atom is 0.246 e. The Morgan fingerprint density at radius 2 is 2.23 bits per heavy atom. The molecule has 4 rings (SSSR count). The lowest BCUT2D eigenvalue weighted by atomic mass is 10.0. The molecule has 0 saturated carbocycles. The number of hydrogen-bond acceptors (Lipinski definition) is 4. The molecule has 0 atom stereocenters. The summed E-state index contributed by atoms with van der Waals surface area (Å²) in [6.45, 7) is 1.38. The summed E-state index contributed by atoms with van der Waals surface area (Å²) in [6.07, 6.45) is 9.28. The van der Waals surface area contributed by atoms with Crippen molar-refractivity contribution in [1.82, 2.24) is 9.88 Å². The molecule has 0 fully saturated rings. The molecule has 2 aliphatic heterocycles. The van der Waals surface area contributed by atoms with Gasteiger partial charge in [0.1, 0.15) is 5.82 Å². The van der Waals surface area contributed by atoms with Crippen LogP contribution in [0.4, 0.5) is 5.82 Å². The minimum absolute atomic E-state index is 0.00328. The van der Waals surface area contributed by atoms with Crippen molar-refractivity contribution in [3.63, 3.8) is 0 Å². The van der Waals surface area contributed by atoms with E-state index in [0.29, 0.717) is 25.2 Å². The Morgan fingerprint density at radius 1 is 1.31 bits per heavy atom. The predicted molar refractivity (Wildman–Crippen MR) is 104 cm³/mol. The number of pyridine rings is 1. The summed E-state index contributed by atoms with van der Waals surface area (Å²) in [4.78, 5) is 31.2. The van der Waals surface area contributed by atoms with Gasteiger partial charge in [-0.1, -0.05) is 12.1 Å². The van der Waals surface area contributed by atoms with Gasteiger partial charge in [-0.3, -0.25) is 9.59 Å². The third-order valence-electron chi connectivity index (χ3n) is 4.64. The molecule has 26 heavy (non-hydrogen) atoms. The summed E-state index contributed by atoms with van der Waals surface area (Å²) in [6, 6.07) is 6.16. The number of carbonyl (C=O) groups is 2. The van der Waals surface area contributed by atoms with Crippen molar-refractivity contribution in [1.29, 1.82) is 0 Å². The van der Waals surface area contributed by atoms with Crippen molar-refractivity contribution < 1.29 is 9.59 Å². The minimum atomic E-state index is 0.00328. The summed E-state index contributed by atoms with van der Waals surface area (Å²) < 4.78 is 0. The van der Waals surface area contributed by atoms with Crippen LogP contribution in [0.2, 0.25) is 0 Å². The second-order valence-electron chi connectivity index (χ2n) is 6.40. The Bertz CT molecular complexity index is 900. The van der Waals surface area contributed by atoms with Gasteiger partial charge in [-0.05, 0) is 53.1 Å². The molecule has 5 nitrogen and oxygen atoms in total. The highest BCUT2D eigenvalue weighted by molar-refractivity contribution is 7.11. The quantitative estimate of drug-likeness (QED) is 0.849. The summed E-state index contributed by atoms with van der Waals surface area (Å²) >= 11 is 1.74. The Balaban J connectivity index is 1.40. The van der Waals surface area contributed by atoms with Gasteiger partial charge in [-0.2, -0.15) is 0 Å². The zero-order chi connectivity index (χ0) is 17.9. The van der Waals surface area contributed by atoms with Crippen LogP contribution in [0, 0.1) is 0 Å². The molecule has 0 saturated heterocycles. The van der Waals surface area contributed by atoms with E-state index in [4.69, 9.17) is 0 Å². The molecule has 0 aliphatic carbocycles. The summed E-state index contributed by atoms with van der Waals surface area (Å²) in [5.41, 5.74) is 3.22. The molecule has 2 aromatic rings. The number of amides is 2. The molecule has 132 valence electrons. The monoisotopic (exact) mass is 365 g/mol. The van der Waals surface area contributed by atoms with Gasteiger partial charge in [0.05, 0.1) is 0 Å². The van der Waals surface area contributed by atoms with Gasteiger partial charge < -0.3 is 10.2 Å². The SMILES string of the molecule is O=C1CCc2cc(C=CC(=O)N3CC=C(c4cccs4)CC3)cnc2N1. The molecular formula is C20H19N3O2S. The lowest BCUT2D eigenvalue weighted by molar-refractivity contribution is -0.125. The van der Waals surface area contributed by atoms with E-state index in [0.717, 1.165) is 24.1 Å². The normalized spacial score (nSPS) is 17.0. The molecule has 2 aromatic heterocycles. The second kappa shape index (κ2) is 7.25. The number of fused-ring (bicyclic) bond motifs is 1. The highest BCUT2D eigenvalue weighted by atomic mass is 32.1. The van der Waals surface area contributed by atoms with Gasteiger partial charge in [0.25, 0.3) is 0 Å². The number of thiophene rings is 1.